The number of aryl methyl sites for hydroxylation is 1. The molecule has 4 aromatic rings. The Bertz CT molecular complexity index is 1820. The van der Waals surface area contributed by atoms with Crippen molar-refractivity contribution >= 4 is 40.1 Å². The number of ether oxygens (including phenoxy) is 1. The molecular weight excluding hydrogens is 604 g/mol. The van der Waals surface area contributed by atoms with Gasteiger partial charge in [-0.1, -0.05) is 17.7 Å². The van der Waals surface area contributed by atoms with Crippen LogP contribution in [0.1, 0.15) is 63.7 Å². The molecule has 0 unspecified atom stereocenters. The lowest BCUT2D eigenvalue weighted by Gasteiger charge is -2.37. The summed E-state index contributed by atoms with van der Waals surface area (Å²) < 4.78 is 35.5. The molecule has 45 heavy (non-hydrogen) atoms. The van der Waals surface area contributed by atoms with E-state index >= 15 is 4.39 Å². The van der Waals surface area contributed by atoms with Crippen LogP contribution in [0.2, 0.25) is 5.02 Å². The highest BCUT2D eigenvalue weighted by Crippen LogP contribution is 2.37. The Morgan fingerprint density at radius 2 is 1.82 bits per heavy atom. The number of nitrogens with zero attached hydrogens (tertiary/aromatic N) is 6. The summed E-state index contributed by atoms with van der Waals surface area (Å²) in [7, 11) is 0. The standard InChI is InChI=1S/C32H32ClF2N7O3/c1-17(21-13-20(36-6)7-8-22(21)34)40-28-25(33)18(2)39-24-14-23(35)26(41-27(24)28)19-15-37-29(38-16-19)32(44)9-11-42(12-10-32)30(43)45-31(3,4)5/h7-8,13-17,44H,9-12H2,1-5H3,(H,39,40)/t17-/m1/s1. The smallest absolute Gasteiger partial charge is 0.410 e. The van der Waals surface area contributed by atoms with Gasteiger partial charge in [0.05, 0.1) is 34.5 Å². The van der Waals surface area contributed by atoms with Gasteiger partial charge in [0.2, 0.25) is 0 Å². The molecule has 13 heteroatoms. The van der Waals surface area contributed by atoms with Crippen LogP contribution < -0.4 is 5.32 Å². The Morgan fingerprint density at radius 3 is 2.44 bits per heavy atom. The molecule has 0 aliphatic carbocycles. The zero-order valence-electron chi connectivity index (χ0n) is 25.5. The lowest BCUT2D eigenvalue weighted by Crippen LogP contribution is -2.47. The molecule has 1 aliphatic rings. The van der Waals surface area contributed by atoms with Gasteiger partial charge in [-0.2, -0.15) is 0 Å². The van der Waals surface area contributed by atoms with Crippen molar-refractivity contribution in [3.05, 3.63) is 81.8 Å². The molecule has 1 fully saturated rings. The number of piperidine rings is 1. The topological polar surface area (TPSA) is 118 Å². The first kappa shape index (κ1) is 31.9. The first-order valence-electron chi connectivity index (χ1n) is 14.3. The summed E-state index contributed by atoms with van der Waals surface area (Å²) in [5.41, 5.74) is -0.0820. The number of likely N-dealkylation sites (tertiary alicyclic amines) is 1. The third-order valence-electron chi connectivity index (χ3n) is 7.54. The third-order valence-corrected chi connectivity index (χ3v) is 8.00. The van der Waals surface area contributed by atoms with Crippen LogP contribution in [0.4, 0.5) is 25.0 Å². The second-order valence-corrected chi connectivity index (χ2v) is 12.4. The Morgan fingerprint density at radius 1 is 1.16 bits per heavy atom. The van der Waals surface area contributed by atoms with Crippen LogP contribution in [-0.4, -0.2) is 54.7 Å². The van der Waals surface area contributed by atoms with E-state index in [1.54, 1.807) is 34.6 Å². The van der Waals surface area contributed by atoms with Gasteiger partial charge in [-0.3, -0.25) is 0 Å². The zero-order valence-corrected chi connectivity index (χ0v) is 26.2. The lowest BCUT2D eigenvalue weighted by molar-refractivity contribution is -0.0409. The molecule has 1 amide bonds. The molecule has 0 bridgehead atoms. The van der Waals surface area contributed by atoms with E-state index in [1.165, 1.54) is 41.6 Å². The zero-order chi connectivity index (χ0) is 32.7. The van der Waals surface area contributed by atoms with E-state index < -0.39 is 35.0 Å². The molecule has 5 rings (SSSR count). The third kappa shape index (κ3) is 6.65. The monoisotopic (exact) mass is 635 g/mol. The van der Waals surface area contributed by atoms with Gasteiger partial charge in [-0.25, -0.2) is 38.4 Å². The first-order valence-corrected chi connectivity index (χ1v) is 14.7. The molecule has 234 valence electrons. The van der Waals surface area contributed by atoms with Gasteiger partial charge in [0, 0.05) is 50.0 Å². The molecule has 1 atom stereocenters. The number of nitrogens with one attached hydrogen (secondary N) is 1. The number of amides is 1. The van der Waals surface area contributed by atoms with Gasteiger partial charge >= 0.3 is 6.09 Å². The summed E-state index contributed by atoms with van der Waals surface area (Å²) in [4.78, 5) is 35.0. The molecule has 2 N–H and O–H groups in total. The maximum Gasteiger partial charge on any atom is 0.410 e. The van der Waals surface area contributed by atoms with Gasteiger partial charge in [-0.15, -0.1) is 0 Å². The molecule has 0 radical (unpaired) electrons. The number of hydrogen-bond acceptors (Lipinski definition) is 8. The number of hydrogen-bond donors (Lipinski definition) is 2. The van der Waals surface area contributed by atoms with E-state index in [1.807, 2.05) is 0 Å². The maximum absolute atomic E-state index is 15.4. The van der Waals surface area contributed by atoms with Crippen LogP contribution in [0.5, 0.6) is 0 Å². The number of aromatic nitrogens is 4. The van der Waals surface area contributed by atoms with Crippen molar-refractivity contribution in [3.8, 4) is 11.3 Å². The Kier molecular flexibility index (Phi) is 8.62. The van der Waals surface area contributed by atoms with E-state index in [-0.39, 0.29) is 70.3 Å². The van der Waals surface area contributed by atoms with E-state index in [9.17, 15) is 14.3 Å². The Balaban J connectivity index is 1.43. The minimum absolute atomic E-state index is 0.0700. The van der Waals surface area contributed by atoms with Crippen molar-refractivity contribution in [2.45, 2.75) is 64.7 Å². The van der Waals surface area contributed by atoms with E-state index in [4.69, 9.17) is 22.9 Å². The SMILES string of the molecule is [C-]#[N+]c1ccc(F)c([C@@H](C)Nc2c(Cl)c(C)nc3cc(F)c(-c4cnc(C5(O)CCN(C(=O)OC(C)(C)C)CC5)nc4)nc23)c1. The number of aliphatic hydroxyl groups is 1. The molecule has 1 aromatic carbocycles. The largest absolute Gasteiger partial charge is 0.444 e. The molecule has 10 nitrogen and oxygen atoms in total. The normalized spacial score (nSPS) is 15.4. The highest BCUT2D eigenvalue weighted by atomic mass is 35.5. The van der Waals surface area contributed by atoms with Crippen LogP contribution in [0.25, 0.3) is 27.1 Å². The number of carbonyl (C=O) groups excluding carboxylic acids is 1. The fourth-order valence-electron chi connectivity index (χ4n) is 5.12. The highest BCUT2D eigenvalue weighted by molar-refractivity contribution is 6.35. The molecule has 1 aliphatic heterocycles. The first-order chi connectivity index (χ1) is 21.2. The summed E-state index contributed by atoms with van der Waals surface area (Å²) in [6, 6.07) is 4.68. The van der Waals surface area contributed by atoms with Crippen molar-refractivity contribution < 1.29 is 23.4 Å². The Hall–Kier alpha value is -4.47. The van der Waals surface area contributed by atoms with Gasteiger partial charge in [0.15, 0.2) is 17.3 Å². The quantitative estimate of drug-likeness (QED) is 0.220. The number of carbonyl (C=O) groups is 1. The summed E-state index contributed by atoms with van der Waals surface area (Å²) in [5, 5.41) is 14.7. The minimum atomic E-state index is -1.38. The highest BCUT2D eigenvalue weighted by Gasteiger charge is 2.39. The number of anilines is 1. The lowest BCUT2D eigenvalue weighted by atomic mass is 9.90. The van der Waals surface area contributed by atoms with Crippen LogP contribution >= 0.6 is 11.6 Å². The van der Waals surface area contributed by atoms with E-state index in [0.29, 0.717) is 11.4 Å². The average molecular weight is 636 g/mol. The summed E-state index contributed by atoms with van der Waals surface area (Å²) >= 11 is 6.64. The Labute approximate surface area is 264 Å². The fourth-order valence-corrected chi connectivity index (χ4v) is 5.31. The van der Waals surface area contributed by atoms with E-state index in [0.717, 1.165) is 0 Å². The molecular formula is C32H32ClF2N7O3. The molecule has 3 aromatic heterocycles. The molecule has 4 heterocycles. The van der Waals surface area contributed by atoms with Gasteiger partial charge < -0.3 is 20.1 Å². The summed E-state index contributed by atoms with van der Waals surface area (Å²) in [6.45, 7) is 16.5. The molecule has 0 saturated carbocycles. The second kappa shape index (κ2) is 12.1. The molecule has 0 spiro atoms. The number of rotatable bonds is 5. The minimum Gasteiger partial charge on any atom is -0.444 e. The van der Waals surface area contributed by atoms with Crippen molar-refractivity contribution in [1.82, 2.24) is 24.8 Å². The van der Waals surface area contributed by atoms with Gasteiger partial charge in [0.25, 0.3) is 0 Å². The van der Waals surface area contributed by atoms with Crippen molar-refractivity contribution in [3.63, 3.8) is 0 Å². The number of pyridine rings is 2. The molecule has 1 saturated heterocycles. The van der Waals surface area contributed by atoms with Crippen LogP contribution in [-0.2, 0) is 10.3 Å². The summed E-state index contributed by atoms with van der Waals surface area (Å²) in [5.74, 6) is -1.02. The second-order valence-electron chi connectivity index (χ2n) is 12.1. The average Bonchev–Trinajstić information content (AvgIpc) is 2.99. The summed E-state index contributed by atoms with van der Waals surface area (Å²) in [6.07, 6.45) is 2.70. The predicted molar refractivity (Wildman–Crippen MR) is 166 cm³/mol. The maximum atomic E-state index is 15.4. The van der Waals surface area contributed by atoms with Crippen LogP contribution in [0.3, 0.4) is 0 Å². The fraction of sp³-hybridized carbons (Fsp3) is 0.375. The van der Waals surface area contributed by atoms with Crippen LogP contribution in [0, 0.1) is 25.1 Å². The van der Waals surface area contributed by atoms with Crippen molar-refractivity contribution in [1.29, 1.82) is 0 Å². The number of benzene rings is 1. The van der Waals surface area contributed by atoms with Gasteiger partial charge in [0.1, 0.15) is 28.2 Å². The van der Waals surface area contributed by atoms with Gasteiger partial charge in [-0.05, 0) is 52.3 Å². The number of halogens is 3. The number of fused-ring (bicyclic) bond motifs is 1. The van der Waals surface area contributed by atoms with Crippen molar-refractivity contribution in [2.24, 2.45) is 0 Å². The predicted octanol–water partition coefficient (Wildman–Crippen LogP) is 7.27. The van der Waals surface area contributed by atoms with Crippen molar-refractivity contribution in [2.75, 3.05) is 18.4 Å². The van der Waals surface area contributed by atoms with E-state index in [2.05, 4.69) is 30.1 Å². The van der Waals surface area contributed by atoms with Crippen LogP contribution in [0.15, 0.2) is 36.7 Å².